The number of rotatable bonds is 6. The lowest BCUT2D eigenvalue weighted by Gasteiger charge is -2.25. The fraction of sp³-hybridized carbons (Fsp3) is 0.391. The second-order valence-electron chi connectivity index (χ2n) is 8.43. The summed E-state index contributed by atoms with van der Waals surface area (Å²) in [6.45, 7) is 2.05. The van der Waals surface area contributed by atoms with Crippen LogP contribution in [0.15, 0.2) is 42.7 Å². The highest BCUT2D eigenvalue weighted by molar-refractivity contribution is 6.03. The van der Waals surface area contributed by atoms with Crippen LogP contribution in [0.1, 0.15) is 48.1 Å². The first-order valence-corrected chi connectivity index (χ1v) is 10.9. The third-order valence-corrected chi connectivity index (χ3v) is 6.15. The number of hydrogen-bond acceptors (Lipinski definition) is 6. The zero-order chi connectivity index (χ0) is 23.2. The van der Waals surface area contributed by atoms with Crippen molar-refractivity contribution in [1.82, 2.24) is 19.9 Å². The number of nitrogens with zero attached hydrogens (tertiary/aromatic N) is 4. The van der Waals surface area contributed by atoms with Gasteiger partial charge in [0, 0.05) is 12.6 Å². The van der Waals surface area contributed by atoms with E-state index in [-0.39, 0.29) is 42.6 Å². The number of halogens is 2. The fourth-order valence-corrected chi connectivity index (χ4v) is 4.31. The van der Waals surface area contributed by atoms with Crippen LogP contribution in [0.5, 0.6) is 0 Å². The predicted octanol–water partition coefficient (Wildman–Crippen LogP) is 2.98. The molecule has 1 saturated heterocycles. The molecule has 1 N–H and O–H groups in total. The molecule has 2 atom stereocenters. The molecule has 0 radical (unpaired) electrons. The molecule has 2 aromatic heterocycles. The highest BCUT2D eigenvalue weighted by Gasteiger charge is 2.53. The number of carbonyl (C=O) groups is 2. The lowest BCUT2D eigenvalue weighted by Crippen LogP contribution is -2.44. The summed E-state index contributed by atoms with van der Waals surface area (Å²) in [5.41, 5.74) is 0.141. The van der Waals surface area contributed by atoms with Crippen molar-refractivity contribution in [2.45, 2.75) is 43.9 Å². The number of nitrogens with one attached hydrogen (secondary N) is 1. The van der Waals surface area contributed by atoms with Crippen LogP contribution >= 0.6 is 0 Å². The molecule has 5 rings (SSSR count). The third kappa shape index (κ3) is 3.90. The fourth-order valence-electron chi connectivity index (χ4n) is 4.31. The Bertz CT molecular complexity index is 1230. The quantitative estimate of drug-likeness (QED) is 0.575. The molecule has 172 valence electrons. The van der Waals surface area contributed by atoms with Gasteiger partial charge in [0.1, 0.15) is 28.9 Å². The van der Waals surface area contributed by atoms with Crippen LogP contribution in [0.25, 0.3) is 5.65 Å². The smallest absolute Gasteiger partial charge is 0.331 e. The van der Waals surface area contributed by atoms with Gasteiger partial charge in [-0.1, -0.05) is 12.1 Å². The normalized spacial score (nSPS) is 21.2. The number of ether oxygens (including phenoxy) is 1. The lowest BCUT2D eigenvalue weighted by atomic mass is 10.0. The van der Waals surface area contributed by atoms with Crippen molar-refractivity contribution >= 4 is 23.3 Å². The van der Waals surface area contributed by atoms with E-state index in [0.29, 0.717) is 24.2 Å². The summed E-state index contributed by atoms with van der Waals surface area (Å²) in [6, 6.07) is 7.41. The first-order chi connectivity index (χ1) is 15.9. The molecule has 0 bridgehead atoms. The van der Waals surface area contributed by atoms with E-state index in [1.807, 2.05) is 0 Å². The summed E-state index contributed by atoms with van der Waals surface area (Å²) in [4.78, 5) is 31.5. The van der Waals surface area contributed by atoms with Crippen molar-refractivity contribution < 1.29 is 23.1 Å². The Morgan fingerprint density at radius 3 is 2.85 bits per heavy atom. The Morgan fingerprint density at radius 1 is 1.30 bits per heavy atom. The molecule has 3 heterocycles. The van der Waals surface area contributed by atoms with Crippen molar-refractivity contribution in [2.24, 2.45) is 0 Å². The van der Waals surface area contributed by atoms with E-state index in [0.717, 1.165) is 0 Å². The number of fused-ring (bicyclic) bond motifs is 1. The number of amides is 1. The Balaban J connectivity index is 1.44. The summed E-state index contributed by atoms with van der Waals surface area (Å²) in [6.07, 6.45) is 3.16. The zero-order valence-corrected chi connectivity index (χ0v) is 18.0. The Morgan fingerprint density at radius 2 is 2.12 bits per heavy atom. The van der Waals surface area contributed by atoms with Crippen LogP contribution in [0.4, 0.5) is 14.6 Å². The van der Waals surface area contributed by atoms with Crippen LogP contribution in [0.2, 0.25) is 0 Å². The first kappa shape index (κ1) is 21.3. The van der Waals surface area contributed by atoms with E-state index in [1.165, 1.54) is 22.8 Å². The molecule has 33 heavy (non-hydrogen) atoms. The molecule has 3 aromatic rings. The van der Waals surface area contributed by atoms with Gasteiger partial charge in [0.2, 0.25) is 0 Å². The molecule has 2 fully saturated rings. The van der Waals surface area contributed by atoms with Crippen molar-refractivity contribution in [3.05, 3.63) is 59.7 Å². The first-order valence-electron chi connectivity index (χ1n) is 10.9. The molecule has 0 spiro atoms. The molecule has 1 saturated carbocycles. The van der Waals surface area contributed by atoms with Crippen molar-refractivity contribution in [3.63, 3.8) is 0 Å². The van der Waals surface area contributed by atoms with Gasteiger partial charge in [-0.3, -0.25) is 4.79 Å². The topological polar surface area (TPSA) is 88.8 Å². The van der Waals surface area contributed by atoms with Gasteiger partial charge in [-0.25, -0.2) is 23.1 Å². The predicted molar refractivity (Wildman–Crippen MR) is 115 cm³/mol. The molecular weight excluding hydrogens is 432 g/mol. The molecule has 0 unspecified atom stereocenters. The maximum absolute atomic E-state index is 14.4. The molecule has 1 aromatic carbocycles. The van der Waals surface area contributed by atoms with Crippen LogP contribution in [0, 0.1) is 5.82 Å². The van der Waals surface area contributed by atoms with E-state index in [2.05, 4.69) is 15.4 Å². The van der Waals surface area contributed by atoms with E-state index >= 15 is 0 Å². The number of carbonyl (C=O) groups excluding carboxylic acids is 2. The molecule has 8 nitrogen and oxygen atoms in total. The maximum atomic E-state index is 14.4. The van der Waals surface area contributed by atoms with Crippen LogP contribution in [0.3, 0.4) is 0 Å². The monoisotopic (exact) mass is 455 g/mol. The van der Waals surface area contributed by atoms with Gasteiger partial charge in [0.05, 0.1) is 25.4 Å². The minimum Gasteiger partial charge on any atom is -0.464 e. The third-order valence-electron chi connectivity index (χ3n) is 6.15. The van der Waals surface area contributed by atoms with Gasteiger partial charge in [-0.2, -0.15) is 5.10 Å². The Labute approximate surface area is 188 Å². The average molecular weight is 455 g/mol. The van der Waals surface area contributed by atoms with Gasteiger partial charge in [-0.05, 0) is 43.5 Å². The maximum Gasteiger partial charge on any atom is 0.331 e. The minimum absolute atomic E-state index is 0.103. The van der Waals surface area contributed by atoms with Crippen LogP contribution in [-0.4, -0.2) is 51.3 Å². The molecular formula is C23H23F2N5O3. The second kappa shape index (κ2) is 8.09. The Hall–Kier alpha value is -3.56. The van der Waals surface area contributed by atoms with Crippen molar-refractivity contribution in [2.75, 3.05) is 18.1 Å². The van der Waals surface area contributed by atoms with Gasteiger partial charge in [-0.15, -0.1) is 0 Å². The highest BCUT2D eigenvalue weighted by atomic mass is 19.1. The SMILES string of the molecule is CCOC(=O)C1(NC(=O)c2cnn3ccc(N4C[C@@H](F)C[C@@H]4c4cccc(F)c4)nc23)CC1. The second-order valence-corrected chi connectivity index (χ2v) is 8.43. The Kier molecular flexibility index (Phi) is 5.22. The van der Waals surface area contributed by atoms with E-state index in [9.17, 15) is 18.4 Å². The van der Waals surface area contributed by atoms with E-state index in [4.69, 9.17) is 4.74 Å². The number of anilines is 1. The van der Waals surface area contributed by atoms with Gasteiger partial charge >= 0.3 is 5.97 Å². The molecule has 1 aliphatic carbocycles. The number of alkyl halides is 1. The summed E-state index contributed by atoms with van der Waals surface area (Å²) in [7, 11) is 0. The summed E-state index contributed by atoms with van der Waals surface area (Å²) >= 11 is 0. The van der Waals surface area contributed by atoms with Crippen LogP contribution in [-0.2, 0) is 9.53 Å². The van der Waals surface area contributed by atoms with E-state index in [1.54, 1.807) is 36.2 Å². The molecule has 10 heteroatoms. The van der Waals surface area contributed by atoms with Gasteiger partial charge in [0.25, 0.3) is 5.91 Å². The number of hydrogen-bond donors (Lipinski definition) is 1. The van der Waals surface area contributed by atoms with E-state index < -0.39 is 23.6 Å². The lowest BCUT2D eigenvalue weighted by molar-refractivity contribution is -0.146. The highest BCUT2D eigenvalue weighted by Crippen LogP contribution is 2.38. The number of esters is 1. The van der Waals surface area contributed by atoms with Crippen molar-refractivity contribution in [1.29, 1.82) is 0 Å². The number of benzene rings is 1. The zero-order valence-electron chi connectivity index (χ0n) is 18.0. The molecule has 1 amide bonds. The van der Waals surface area contributed by atoms with Gasteiger partial charge in [0.15, 0.2) is 5.65 Å². The minimum atomic E-state index is -1.09. The molecule has 1 aliphatic heterocycles. The summed E-state index contributed by atoms with van der Waals surface area (Å²) in [5.74, 6) is -0.861. The standard InChI is InChI=1S/C23H23F2N5O3/c1-2-33-22(32)23(7-8-23)28-21(31)17-12-26-30-9-6-19(27-20(17)30)29-13-16(25)11-18(29)14-4-3-5-15(24)10-14/h3-6,9-10,12,16,18H,2,7-8,11,13H2,1H3,(H,28,31)/t16-,18+/m0/s1. The van der Waals surface area contributed by atoms with Gasteiger partial charge < -0.3 is 15.0 Å². The summed E-state index contributed by atoms with van der Waals surface area (Å²) in [5, 5.41) is 6.94. The largest absolute Gasteiger partial charge is 0.464 e. The summed E-state index contributed by atoms with van der Waals surface area (Å²) < 4.78 is 34.7. The molecule has 2 aliphatic rings. The average Bonchev–Trinajstić information content (AvgIpc) is 3.28. The van der Waals surface area contributed by atoms with Crippen LogP contribution < -0.4 is 10.2 Å². The van der Waals surface area contributed by atoms with Crippen molar-refractivity contribution in [3.8, 4) is 0 Å². The number of aromatic nitrogens is 3.